The Hall–Kier alpha value is -2.75. The third-order valence-corrected chi connectivity index (χ3v) is 3.18. The number of benzene rings is 2. The first kappa shape index (κ1) is 12.3. The molecule has 4 heteroatoms. The van der Waals surface area contributed by atoms with E-state index >= 15 is 0 Å². The first-order valence-corrected chi connectivity index (χ1v) is 6.26. The Morgan fingerprint density at radius 2 is 1.85 bits per heavy atom. The lowest BCUT2D eigenvalue weighted by Gasteiger charge is -2.05. The van der Waals surface area contributed by atoms with E-state index in [4.69, 9.17) is 9.52 Å². The predicted octanol–water partition coefficient (Wildman–Crippen LogP) is 3.74. The van der Waals surface area contributed by atoms with Crippen LogP contribution in [0, 0.1) is 0 Å². The number of para-hydroxylation sites is 1. The van der Waals surface area contributed by atoms with Gasteiger partial charge in [0.2, 0.25) is 0 Å². The molecule has 0 saturated carbocycles. The molecule has 2 N–H and O–H groups in total. The van der Waals surface area contributed by atoms with Crippen LogP contribution in [0.5, 0.6) is 0 Å². The van der Waals surface area contributed by atoms with Crippen LogP contribution in [0.1, 0.15) is 15.9 Å². The molecule has 0 bridgehead atoms. The van der Waals surface area contributed by atoms with Crippen LogP contribution in [0.2, 0.25) is 0 Å². The third kappa shape index (κ3) is 2.36. The summed E-state index contributed by atoms with van der Waals surface area (Å²) in [5.74, 6) is -0.919. The molecule has 0 spiro atoms. The van der Waals surface area contributed by atoms with Crippen molar-refractivity contribution in [3.8, 4) is 0 Å². The average molecular weight is 267 g/mol. The summed E-state index contributed by atoms with van der Waals surface area (Å²) in [7, 11) is 0. The van der Waals surface area contributed by atoms with Gasteiger partial charge in [-0.1, -0.05) is 18.2 Å². The summed E-state index contributed by atoms with van der Waals surface area (Å²) >= 11 is 0. The predicted molar refractivity (Wildman–Crippen MR) is 76.9 cm³/mol. The fourth-order valence-electron chi connectivity index (χ4n) is 2.10. The second-order valence-corrected chi connectivity index (χ2v) is 4.49. The topological polar surface area (TPSA) is 62.5 Å². The largest absolute Gasteiger partial charge is 0.478 e. The molecular formula is C16H13NO3. The van der Waals surface area contributed by atoms with Gasteiger partial charge in [-0.05, 0) is 30.3 Å². The molecule has 0 aliphatic rings. The third-order valence-electron chi connectivity index (χ3n) is 3.18. The molecule has 1 aromatic heterocycles. The second-order valence-electron chi connectivity index (χ2n) is 4.49. The van der Waals surface area contributed by atoms with E-state index in [9.17, 15) is 4.79 Å². The zero-order chi connectivity index (χ0) is 13.9. The van der Waals surface area contributed by atoms with Crippen LogP contribution in [0.3, 0.4) is 0 Å². The number of carboxylic acids is 1. The minimum absolute atomic E-state index is 0.282. The molecule has 0 unspecified atom stereocenters. The maximum absolute atomic E-state index is 10.8. The van der Waals surface area contributed by atoms with Crippen molar-refractivity contribution in [3.05, 3.63) is 65.9 Å². The highest BCUT2D eigenvalue weighted by Crippen LogP contribution is 2.21. The van der Waals surface area contributed by atoms with Crippen molar-refractivity contribution < 1.29 is 14.3 Å². The van der Waals surface area contributed by atoms with Gasteiger partial charge in [-0.2, -0.15) is 0 Å². The van der Waals surface area contributed by atoms with Crippen LogP contribution in [-0.4, -0.2) is 11.1 Å². The maximum atomic E-state index is 10.8. The van der Waals surface area contributed by atoms with Gasteiger partial charge in [-0.3, -0.25) is 0 Å². The van der Waals surface area contributed by atoms with Crippen molar-refractivity contribution in [1.82, 2.24) is 0 Å². The second kappa shape index (κ2) is 5.09. The van der Waals surface area contributed by atoms with Crippen LogP contribution < -0.4 is 5.32 Å². The number of hydrogen-bond acceptors (Lipinski definition) is 3. The molecule has 1 heterocycles. The smallest absolute Gasteiger partial charge is 0.335 e. The van der Waals surface area contributed by atoms with Gasteiger partial charge in [0.05, 0.1) is 11.8 Å². The molecule has 3 rings (SSSR count). The quantitative estimate of drug-likeness (QED) is 0.755. The van der Waals surface area contributed by atoms with E-state index in [2.05, 4.69) is 5.32 Å². The van der Waals surface area contributed by atoms with Gasteiger partial charge in [0, 0.05) is 23.2 Å². The lowest BCUT2D eigenvalue weighted by Crippen LogP contribution is -2.00. The number of carbonyl (C=O) groups is 1. The Morgan fingerprint density at radius 3 is 2.60 bits per heavy atom. The van der Waals surface area contributed by atoms with Gasteiger partial charge in [0.1, 0.15) is 5.58 Å². The molecule has 0 radical (unpaired) electrons. The van der Waals surface area contributed by atoms with E-state index in [1.165, 1.54) is 0 Å². The van der Waals surface area contributed by atoms with Gasteiger partial charge >= 0.3 is 5.97 Å². The molecule has 0 saturated heterocycles. The highest BCUT2D eigenvalue weighted by molar-refractivity contribution is 5.88. The lowest BCUT2D eigenvalue weighted by molar-refractivity contribution is 0.0697. The van der Waals surface area contributed by atoms with Gasteiger partial charge in [0.25, 0.3) is 0 Å². The van der Waals surface area contributed by atoms with E-state index in [0.717, 1.165) is 22.2 Å². The summed E-state index contributed by atoms with van der Waals surface area (Å²) in [6.45, 7) is 0.628. The first-order valence-electron chi connectivity index (χ1n) is 6.26. The van der Waals surface area contributed by atoms with Crippen LogP contribution in [-0.2, 0) is 6.54 Å². The van der Waals surface area contributed by atoms with E-state index in [-0.39, 0.29) is 5.56 Å². The number of rotatable bonds is 4. The molecule has 0 aliphatic heterocycles. The van der Waals surface area contributed by atoms with Crippen LogP contribution in [0.25, 0.3) is 11.0 Å². The summed E-state index contributed by atoms with van der Waals surface area (Å²) in [6, 6.07) is 14.5. The Bertz CT molecular complexity index is 744. The number of hydrogen-bond donors (Lipinski definition) is 2. The highest BCUT2D eigenvalue weighted by atomic mass is 16.4. The zero-order valence-corrected chi connectivity index (χ0v) is 10.7. The maximum Gasteiger partial charge on any atom is 0.335 e. The highest BCUT2D eigenvalue weighted by Gasteiger charge is 2.05. The van der Waals surface area contributed by atoms with Crippen LogP contribution in [0.4, 0.5) is 5.69 Å². The van der Waals surface area contributed by atoms with E-state index < -0.39 is 5.97 Å². The number of nitrogens with one attached hydrogen (secondary N) is 1. The summed E-state index contributed by atoms with van der Waals surface area (Å²) in [5.41, 5.74) is 3.10. The van der Waals surface area contributed by atoms with Gasteiger partial charge < -0.3 is 14.8 Å². The Kier molecular flexibility index (Phi) is 3.13. The monoisotopic (exact) mass is 267 g/mol. The Balaban J connectivity index is 1.74. The SMILES string of the molecule is O=C(O)c1ccc(NCc2coc3ccccc23)cc1. The molecule has 20 heavy (non-hydrogen) atoms. The van der Waals surface area contributed by atoms with Gasteiger partial charge in [0.15, 0.2) is 0 Å². The molecule has 3 aromatic rings. The van der Waals surface area contributed by atoms with Crippen LogP contribution in [0.15, 0.2) is 59.2 Å². The van der Waals surface area contributed by atoms with E-state index in [1.54, 1.807) is 30.5 Å². The summed E-state index contributed by atoms with van der Waals surface area (Å²) in [4.78, 5) is 10.8. The van der Waals surface area contributed by atoms with Crippen molar-refractivity contribution in [2.45, 2.75) is 6.54 Å². The van der Waals surface area contributed by atoms with E-state index in [0.29, 0.717) is 6.54 Å². The Morgan fingerprint density at radius 1 is 1.10 bits per heavy atom. The normalized spacial score (nSPS) is 10.6. The van der Waals surface area contributed by atoms with Crippen molar-refractivity contribution in [2.75, 3.05) is 5.32 Å². The number of carboxylic acid groups (broad SMARTS) is 1. The fourth-order valence-corrected chi connectivity index (χ4v) is 2.10. The number of fused-ring (bicyclic) bond motifs is 1. The van der Waals surface area contributed by atoms with Crippen molar-refractivity contribution in [2.24, 2.45) is 0 Å². The minimum atomic E-state index is -0.919. The summed E-state index contributed by atoms with van der Waals surface area (Å²) in [5, 5.41) is 13.2. The molecule has 2 aromatic carbocycles. The van der Waals surface area contributed by atoms with Crippen molar-refractivity contribution >= 4 is 22.6 Å². The fraction of sp³-hybridized carbons (Fsp3) is 0.0625. The van der Waals surface area contributed by atoms with Crippen molar-refractivity contribution in [1.29, 1.82) is 0 Å². The first-order chi connectivity index (χ1) is 9.74. The molecule has 100 valence electrons. The molecule has 0 fully saturated rings. The lowest BCUT2D eigenvalue weighted by atomic mass is 10.1. The molecule has 0 amide bonds. The summed E-state index contributed by atoms with van der Waals surface area (Å²) < 4.78 is 5.47. The van der Waals surface area contributed by atoms with Crippen molar-refractivity contribution in [3.63, 3.8) is 0 Å². The summed E-state index contributed by atoms with van der Waals surface area (Å²) in [6.07, 6.45) is 1.74. The number of anilines is 1. The molecule has 0 aliphatic carbocycles. The van der Waals surface area contributed by atoms with E-state index in [1.807, 2.05) is 24.3 Å². The standard InChI is InChI=1S/C16H13NO3/c18-16(19)11-5-7-13(8-6-11)17-9-12-10-20-15-4-2-1-3-14(12)15/h1-8,10,17H,9H2,(H,18,19). The average Bonchev–Trinajstić information content (AvgIpc) is 2.89. The Labute approximate surface area is 115 Å². The number of aromatic carboxylic acids is 1. The number of furan rings is 1. The molecule has 0 atom stereocenters. The zero-order valence-electron chi connectivity index (χ0n) is 10.7. The van der Waals surface area contributed by atoms with Crippen LogP contribution >= 0.6 is 0 Å². The minimum Gasteiger partial charge on any atom is -0.478 e. The van der Waals surface area contributed by atoms with Gasteiger partial charge in [-0.15, -0.1) is 0 Å². The van der Waals surface area contributed by atoms with Gasteiger partial charge in [-0.25, -0.2) is 4.79 Å². The molecule has 4 nitrogen and oxygen atoms in total. The molecular weight excluding hydrogens is 254 g/mol.